The number of hydrogen-bond acceptors (Lipinski definition) is 3. The van der Waals surface area contributed by atoms with Gasteiger partial charge in [0.2, 0.25) is 0 Å². The van der Waals surface area contributed by atoms with E-state index in [1.165, 1.54) is 17.4 Å². The summed E-state index contributed by atoms with van der Waals surface area (Å²) in [5, 5.41) is 3.20. The first kappa shape index (κ1) is 11.8. The van der Waals surface area contributed by atoms with E-state index >= 15 is 0 Å². The average Bonchev–Trinajstić information content (AvgIpc) is 2.85. The molecule has 3 aromatic rings. The highest BCUT2D eigenvalue weighted by Crippen LogP contribution is 2.28. The number of aromatic nitrogens is 1. The minimum Gasteiger partial charge on any atom is -0.320 e. The summed E-state index contributed by atoms with van der Waals surface area (Å²) in [4.78, 5) is 16.4. The highest BCUT2D eigenvalue weighted by Gasteiger charge is 2.12. The number of thiophene rings is 1. The van der Waals surface area contributed by atoms with Gasteiger partial charge in [0.05, 0.1) is 16.8 Å². The number of carbonyl (C=O) groups is 1. The van der Waals surface area contributed by atoms with Gasteiger partial charge in [-0.2, -0.15) is 0 Å². The van der Waals surface area contributed by atoms with Crippen LogP contribution in [0, 0.1) is 5.82 Å². The monoisotopic (exact) mass is 272 g/mol. The van der Waals surface area contributed by atoms with Crippen molar-refractivity contribution in [2.75, 3.05) is 5.32 Å². The van der Waals surface area contributed by atoms with Gasteiger partial charge in [-0.1, -0.05) is 6.07 Å². The summed E-state index contributed by atoms with van der Waals surface area (Å²) in [5.74, 6) is -0.567. The van der Waals surface area contributed by atoms with Gasteiger partial charge in [0.1, 0.15) is 5.82 Å². The van der Waals surface area contributed by atoms with Crippen LogP contribution in [0.1, 0.15) is 9.67 Å². The Labute approximate surface area is 112 Å². The molecule has 0 unspecified atom stereocenters. The lowest BCUT2D eigenvalue weighted by Crippen LogP contribution is -2.09. The molecule has 0 saturated carbocycles. The third kappa shape index (κ3) is 2.32. The number of benzene rings is 1. The minimum atomic E-state index is -0.311. The van der Waals surface area contributed by atoms with E-state index in [0.29, 0.717) is 16.0 Å². The third-order valence-electron chi connectivity index (χ3n) is 2.65. The highest BCUT2D eigenvalue weighted by molar-refractivity contribution is 7.20. The van der Waals surface area contributed by atoms with Crippen molar-refractivity contribution in [1.82, 2.24) is 4.98 Å². The van der Waals surface area contributed by atoms with E-state index in [-0.39, 0.29) is 11.7 Å². The minimum absolute atomic E-state index is 0.256. The topological polar surface area (TPSA) is 42.0 Å². The molecule has 19 heavy (non-hydrogen) atoms. The number of carbonyl (C=O) groups excluding carboxylic acids is 1. The number of nitrogens with one attached hydrogen (secondary N) is 1. The molecule has 1 N–H and O–H groups in total. The second-order valence-electron chi connectivity index (χ2n) is 3.96. The van der Waals surface area contributed by atoms with E-state index in [1.54, 1.807) is 42.7 Å². The van der Waals surface area contributed by atoms with E-state index in [2.05, 4.69) is 10.3 Å². The Hall–Kier alpha value is -2.27. The quantitative estimate of drug-likeness (QED) is 0.773. The van der Waals surface area contributed by atoms with Crippen molar-refractivity contribution >= 4 is 33.0 Å². The van der Waals surface area contributed by atoms with Crippen molar-refractivity contribution in [2.24, 2.45) is 0 Å². The Morgan fingerprint density at radius 2 is 2.16 bits per heavy atom. The molecule has 0 spiro atoms. The fraction of sp³-hybridized carbons (Fsp3) is 0. The number of halogens is 1. The zero-order valence-corrected chi connectivity index (χ0v) is 10.6. The molecule has 2 heterocycles. The first-order valence-corrected chi connectivity index (χ1v) is 6.45. The van der Waals surface area contributed by atoms with E-state index in [9.17, 15) is 9.18 Å². The maximum absolute atomic E-state index is 13.6. The Bertz CT molecular complexity index is 740. The molecule has 3 nitrogen and oxygen atoms in total. The number of anilines is 1. The molecule has 0 fully saturated rings. The third-order valence-corrected chi connectivity index (χ3v) is 3.75. The van der Waals surface area contributed by atoms with Gasteiger partial charge >= 0.3 is 0 Å². The normalized spacial score (nSPS) is 10.6. The van der Waals surface area contributed by atoms with Crippen LogP contribution in [0.2, 0.25) is 0 Å². The van der Waals surface area contributed by atoms with Gasteiger partial charge in [-0.15, -0.1) is 11.3 Å². The molecule has 0 saturated heterocycles. The van der Waals surface area contributed by atoms with Crippen LogP contribution >= 0.6 is 11.3 Å². The predicted molar refractivity (Wildman–Crippen MR) is 74.0 cm³/mol. The molecular formula is C14H9FN2OS. The Morgan fingerprint density at radius 3 is 2.89 bits per heavy atom. The number of nitrogens with zero attached hydrogens (tertiary/aromatic N) is 1. The smallest absolute Gasteiger partial charge is 0.265 e. The van der Waals surface area contributed by atoms with Crippen LogP contribution in [0.4, 0.5) is 10.1 Å². The van der Waals surface area contributed by atoms with E-state index in [4.69, 9.17) is 0 Å². The molecule has 0 aliphatic rings. The lowest BCUT2D eigenvalue weighted by molar-refractivity contribution is 0.103. The van der Waals surface area contributed by atoms with Crippen LogP contribution in [0.3, 0.4) is 0 Å². The maximum Gasteiger partial charge on any atom is 0.265 e. The van der Waals surface area contributed by atoms with Crippen LogP contribution in [-0.4, -0.2) is 10.9 Å². The van der Waals surface area contributed by atoms with E-state index in [1.807, 2.05) is 0 Å². The van der Waals surface area contributed by atoms with Gasteiger partial charge in [-0.05, 0) is 30.3 Å². The van der Waals surface area contributed by atoms with Crippen LogP contribution in [0.25, 0.3) is 10.1 Å². The van der Waals surface area contributed by atoms with Gasteiger partial charge < -0.3 is 5.32 Å². The molecule has 1 aromatic carbocycles. The van der Waals surface area contributed by atoms with Crippen LogP contribution in [0.5, 0.6) is 0 Å². The number of fused-ring (bicyclic) bond motifs is 1. The largest absolute Gasteiger partial charge is 0.320 e. The van der Waals surface area contributed by atoms with Gasteiger partial charge in [-0.3, -0.25) is 9.78 Å². The van der Waals surface area contributed by atoms with Crippen molar-refractivity contribution < 1.29 is 9.18 Å². The number of pyridine rings is 1. The molecule has 1 amide bonds. The molecule has 3 rings (SSSR count). The highest BCUT2D eigenvalue weighted by atomic mass is 32.1. The number of rotatable bonds is 2. The Morgan fingerprint density at radius 1 is 1.26 bits per heavy atom. The van der Waals surface area contributed by atoms with Crippen molar-refractivity contribution in [3.8, 4) is 0 Å². The van der Waals surface area contributed by atoms with Crippen molar-refractivity contribution in [3.63, 3.8) is 0 Å². The summed E-state index contributed by atoms with van der Waals surface area (Å²) >= 11 is 1.27. The van der Waals surface area contributed by atoms with Gasteiger partial charge in [0, 0.05) is 16.3 Å². The van der Waals surface area contributed by atoms with Crippen molar-refractivity contribution in [1.29, 1.82) is 0 Å². The van der Waals surface area contributed by atoms with Crippen molar-refractivity contribution in [3.05, 3.63) is 59.5 Å². The number of hydrogen-bond donors (Lipinski definition) is 1. The molecule has 0 aliphatic carbocycles. The van der Waals surface area contributed by atoms with Gasteiger partial charge in [-0.25, -0.2) is 4.39 Å². The maximum atomic E-state index is 13.6. The summed E-state index contributed by atoms with van der Waals surface area (Å²) in [5.41, 5.74) is 0.616. The lowest BCUT2D eigenvalue weighted by atomic mass is 10.2. The summed E-state index contributed by atoms with van der Waals surface area (Å²) in [7, 11) is 0. The standard InChI is InChI=1S/C14H9FN2OS/c15-11-4-1-5-12-10(11)7-13(19-12)14(18)17-9-3-2-6-16-8-9/h1-8H,(H,17,18). The first-order chi connectivity index (χ1) is 9.24. The average molecular weight is 272 g/mol. The van der Waals surface area contributed by atoms with E-state index < -0.39 is 0 Å². The molecule has 94 valence electrons. The fourth-order valence-electron chi connectivity index (χ4n) is 1.77. The molecule has 0 radical (unpaired) electrons. The second kappa shape index (κ2) is 4.78. The summed E-state index contributed by atoms with van der Waals surface area (Å²) < 4.78 is 14.3. The molecule has 2 aromatic heterocycles. The zero-order chi connectivity index (χ0) is 13.2. The number of amides is 1. The molecule has 0 aliphatic heterocycles. The molecule has 5 heteroatoms. The van der Waals surface area contributed by atoms with Crippen LogP contribution in [0.15, 0.2) is 48.8 Å². The summed E-state index contributed by atoms with van der Waals surface area (Å²) in [6, 6.07) is 9.87. The molecular weight excluding hydrogens is 263 g/mol. The first-order valence-electron chi connectivity index (χ1n) is 5.63. The Balaban J connectivity index is 1.92. The summed E-state index contributed by atoms with van der Waals surface area (Å²) in [6.07, 6.45) is 3.19. The van der Waals surface area contributed by atoms with Crippen LogP contribution in [-0.2, 0) is 0 Å². The Kier molecular flexibility index (Phi) is 2.97. The SMILES string of the molecule is O=C(Nc1cccnc1)c1cc2c(F)cccc2s1. The fourth-order valence-corrected chi connectivity index (χ4v) is 2.74. The van der Waals surface area contributed by atoms with Crippen molar-refractivity contribution in [2.45, 2.75) is 0 Å². The second-order valence-corrected chi connectivity index (χ2v) is 5.04. The predicted octanol–water partition coefficient (Wildman–Crippen LogP) is 3.69. The van der Waals surface area contributed by atoms with Crippen LogP contribution < -0.4 is 5.32 Å². The van der Waals surface area contributed by atoms with E-state index in [0.717, 1.165) is 4.70 Å². The van der Waals surface area contributed by atoms with Gasteiger partial charge in [0.25, 0.3) is 5.91 Å². The summed E-state index contributed by atoms with van der Waals surface area (Å²) in [6.45, 7) is 0. The lowest BCUT2D eigenvalue weighted by Gasteiger charge is -2.01. The zero-order valence-electron chi connectivity index (χ0n) is 9.76. The molecule has 0 bridgehead atoms. The van der Waals surface area contributed by atoms with Gasteiger partial charge in [0.15, 0.2) is 0 Å². The molecule has 0 atom stereocenters.